The zero-order valence-electron chi connectivity index (χ0n) is 9.36. The number of nitrogens with two attached hydrogens (primary N) is 1. The standard InChI is InChI=1S/C12H19NO2/c1-9-4-5-12(15-7-3-6-14)11(8-9)10(2)13/h4-5,8,10,14H,3,6-7,13H2,1-2H3. The van der Waals surface area contributed by atoms with Crippen molar-refractivity contribution >= 4 is 0 Å². The number of hydrogen-bond acceptors (Lipinski definition) is 3. The molecule has 0 heterocycles. The van der Waals surface area contributed by atoms with Crippen LogP contribution in [-0.2, 0) is 0 Å². The molecule has 0 fully saturated rings. The summed E-state index contributed by atoms with van der Waals surface area (Å²) in [7, 11) is 0. The van der Waals surface area contributed by atoms with Crippen LogP contribution in [0.15, 0.2) is 18.2 Å². The quantitative estimate of drug-likeness (QED) is 0.727. The van der Waals surface area contributed by atoms with Crippen molar-refractivity contribution in [1.29, 1.82) is 0 Å². The van der Waals surface area contributed by atoms with Crippen molar-refractivity contribution in [3.8, 4) is 5.75 Å². The number of ether oxygens (including phenoxy) is 1. The van der Waals surface area contributed by atoms with Gasteiger partial charge < -0.3 is 15.6 Å². The van der Waals surface area contributed by atoms with E-state index >= 15 is 0 Å². The molecule has 0 saturated heterocycles. The highest BCUT2D eigenvalue weighted by atomic mass is 16.5. The molecule has 1 unspecified atom stereocenters. The summed E-state index contributed by atoms with van der Waals surface area (Å²) >= 11 is 0. The molecule has 3 N–H and O–H groups in total. The summed E-state index contributed by atoms with van der Waals surface area (Å²) in [5.41, 5.74) is 8.06. The SMILES string of the molecule is Cc1ccc(OCCCO)c(C(C)N)c1. The lowest BCUT2D eigenvalue weighted by Crippen LogP contribution is -2.09. The fraction of sp³-hybridized carbons (Fsp3) is 0.500. The van der Waals surface area contributed by atoms with E-state index in [1.165, 1.54) is 5.56 Å². The lowest BCUT2D eigenvalue weighted by Gasteiger charge is -2.14. The van der Waals surface area contributed by atoms with Crippen LogP contribution in [0, 0.1) is 6.92 Å². The molecular weight excluding hydrogens is 190 g/mol. The highest BCUT2D eigenvalue weighted by molar-refractivity contribution is 5.38. The van der Waals surface area contributed by atoms with E-state index in [1.54, 1.807) is 0 Å². The van der Waals surface area contributed by atoms with E-state index in [9.17, 15) is 0 Å². The second-order valence-corrected chi connectivity index (χ2v) is 3.76. The molecule has 0 aliphatic carbocycles. The fourth-order valence-corrected chi connectivity index (χ4v) is 1.40. The average Bonchev–Trinajstić information content (AvgIpc) is 2.20. The van der Waals surface area contributed by atoms with Crippen molar-refractivity contribution < 1.29 is 9.84 Å². The molecule has 3 heteroatoms. The minimum Gasteiger partial charge on any atom is -0.493 e. The number of rotatable bonds is 5. The third kappa shape index (κ3) is 3.53. The lowest BCUT2D eigenvalue weighted by molar-refractivity contribution is 0.232. The van der Waals surface area contributed by atoms with E-state index in [0.29, 0.717) is 13.0 Å². The Hall–Kier alpha value is -1.06. The topological polar surface area (TPSA) is 55.5 Å². The summed E-state index contributed by atoms with van der Waals surface area (Å²) in [6.45, 7) is 4.65. The molecule has 0 aromatic heterocycles. The van der Waals surface area contributed by atoms with Crippen molar-refractivity contribution in [3.63, 3.8) is 0 Å². The van der Waals surface area contributed by atoms with Crippen LogP contribution in [0.3, 0.4) is 0 Å². The van der Waals surface area contributed by atoms with Gasteiger partial charge in [-0.1, -0.05) is 17.7 Å². The van der Waals surface area contributed by atoms with Crippen LogP contribution in [0.4, 0.5) is 0 Å². The molecule has 0 aliphatic heterocycles. The Morgan fingerprint density at radius 3 is 2.80 bits per heavy atom. The van der Waals surface area contributed by atoms with E-state index < -0.39 is 0 Å². The zero-order chi connectivity index (χ0) is 11.3. The van der Waals surface area contributed by atoms with Crippen LogP contribution in [0.2, 0.25) is 0 Å². The number of aliphatic hydroxyl groups is 1. The first-order chi connectivity index (χ1) is 7.15. The normalized spacial score (nSPS) is 12.5. The molecule has 0 amide bonds. The van der Waals surface area contributed by atoms with Gasteiger partial charge in [-0.05, 0) is 19.9 Å². The first kappa shape index (κ1) is 12.0. The Kier molecular flexibility index (Phi) is 4.59. The molecule has 1 atom stereocenters. The van der Waals surface area contributed by atoms with Gasteiger partial charge in [0.1, 0.15) is 5.75 Å². The Morgan fingerprint density at radius 2 is 2.20 bits per heavy atom. The summed E-state index contributed by atoms with van der Waals surface area (Å²) in [6, 6.07) is 5.94. The average molecular weight is 209 g/mol. The Bertz CT molecular complexity index is 310. The highest BCUT2D eigenvalue weighted by Crippen LogP contribution is 2.24. The van der Waals surface area contributed by atoms with Gasteiger partial charge in [-0.2, -0.15) is 0 Å². The van der Waals surface area contributed by atoms with Crippen LogP contribution < -0.4 is 10.5 Å². The molecule has 1 rings (SSSR count). The Morgan fingerprint density at radius 1 is 1.47 bits per heavy atom. The molecule has 0 aliphatic rings. The second-order valence-electron chi connectivity index (χ2n) is 3.76. The van der Waals surface area contributed by atoms with Gasteiger partial charge in [0.25, 0.3) is 0 Å². The van der Waals surface area contributed by atoms with Gasteiger partial charge in [-0.25, -0.2) is 0 Å². The smallest absolute Gasteiger partial charge is 0.124 e. The van der Waals surface area contributed by atoms with Gasteiger partial charge in [0.15, 0.2) is 0 Å². The van der Waals surface area contributed by atoms with E-state index in [1.807, 2.05) is 32.0 Å². The molecule has 15 heavy (non-hydrogen) atoms. The van der Waals surface area contributed by atoms with Gasteiger partial charge in [0.05, 0.1) is 6.61 Å². The number of aryl methyl sites for hydroxylation is 1. The van der Waals surface area contributed by atoms with Crippen LogP contribution in [0.25, 0.3) is 0 Å². The van der Waals surface area contributed by atoms with Crippen LogP contribution in [-0.4, -0.2) is 18.3 Å². The minimum absolute atomic E-state index is 0.0333. The minimum atomic E-state index is -0.0333. The third-order valence-corrected chi connectivity index (χ3v) is 2.22. The van der Waals surface area contributed by atoms with E-state index in [0.717, 1.165) is 11.3 Å². The molecule has 0 saturated carbocycles. The van der Waals surface area contributed by atoms with Crippen LogP contribution in [0.1, 0.15) is 30.5 Å². The molecule has 1 aromatic rings. The highest BCUT2D eigenvalue weighted by Gasteiger charge is 2.07. The number of benzene rings is 1. The lowest BCUT2D eigenvalue weighted by atomic mass is 10.1. The van der Waals surface area contributed by atoms with E-state index in [-0.39, 0.29) is 12.6 Å². The molecule has 84 valence electrons. The van der Waals surface area contributed by atoms with Gasteiger partial charge in [0.2, 0.25) is 0 Å². The largest absolute Gasteiger partial charge is 0.493 e. The van der Waals surface area contributed by atoms with Crippen molar-refractivity contribution in [1.82, 2.24) is 0 Å². The Labute approximate surface area is 90.9 Å². The maximum atomic E-state index is 8.66. The van der Waals surface area contributed by atoms with Gasteiger partial charge in [-0.3, -0.25) is 0 Å². The summed E-state index contributed by atoms with van der Waals surface area (Å²) in [5.74, 6) is 0.823. The molecular formula is C12H19NO2. The van der Waals surface area contributed by atoms with Crippen molar-refractivity contribution in [2.75, 3.05) is 13.2 Å². The monoisotopic (exact) mass is 209 g/mol. The van der Waals surface area contributed by atoms with Gasteiger partial charge >= 0.3 is 0 Å². The number of hydrogen-bond donors (Lipinski definition) is 2. The predicted octanol–water partition coefficient (Wildman–Crippen LogP) is 1.78. The Balaban J connectivity index is 2.77. The van der Waals surface area contributed by atoms with Crippen LogP contribution in [0.5, 0.6) is 5.75 Å². The van der Waals surface area contributed by atoms with Crippen molar-refractivity contribution in [2.45, 2.75) is 26.3 Å². The first-order valence-electron chi connectivity index (χ1n) is 5.25. The predicted molar refractivity (Wildman–Crippen MR) is 61.0 cm³/mol. The maximum Gasteiger partial charge on any atom is 0.124 e. The molecule has 0 bridgehead atoms. The fourth-order valence-electron chi connectivity index (χ4n) is 1.40. The summed E-state index contributed by atoms with van der Waals surface area (Å²) in [4.78, 5) is 0. The second kappa shape index (κ2) is 5.73. The van der Waals surface area contributed by atoms with Crippen molar-refractivity contribution in [3.05, 3.63) is 29.3 Å². The summed E-state index contributed by atoms with van der Waals surface area (Å²) in [5, 5.41) is 8.66. The van der Waals surface area contributed by atoms with Crippen LogP contribution >= 0.6 is 0 Å². The van der Waals surface area contributed by atoms with Gasteiger partial charge in [-0.15, -0.1) is 0 Å². The van der Waals surface area contributed by atoms with Crippen molar-refractivity contribution in [2.24, 2.45) is 5.73 Å². The van der Waals surface area contributed by atoms with E-state index in [2.05, 4.69) is 0 Å². The third-order valence-electron chi connectivity index (χ3n) is 2.22. The molecule has 0 radical (unpaired) electrons. The summed E-state index contributed by atoms with van der Waals surface area (Å²) < 4.78 is 5.55. The summed E-state index contributed by atoms with van der Waals surface area (Å²) in [6.07, 6.45) is 0.645. The molecule has 3 nitrogen and oxygen atoms in total. The molecule has 0 spiro atoms. The van der Waals surface area contributed by atoms with E-state index in [4.69, 9.17) is 15.6 Å². The zero-order valence-corrected chi connectivity index (χ0v) is 9.36. The maximum absolute atomic E-state index is 8.66. The van der Waals surface area contributed by atoms with Gasteiger partial charge in [0, 0.05) is 24.6 Å². The first-order valence-corrected chi connectivity index (χ1v) is 5.25. The molecule has 1 aromatic carbocycles. The number of aliphatic hydroxyl groups excluding tert-OH is 1.